The van der Waals surface area contributed by atoms with Crippen LogP contribution in [0.1, 0.15) is 11.1 Å². The van der Waals surface area contributed by atoms with Crippen LogP contribution in [0.5, 0.6) is 5.88 Å². The predicted octanol–water partition coefficient (Wildman–Crippen LogP) is 1.43. The topological polar surface area (TPSA) is 78.8 Å². The molecule has 0 atom stereocenters. The Kier molecular flexibility index (Phi) is 5.45. The van der Waals surface area contributed by atoms with E-state index in [1.165, 1.54) is 0 Å². The minimum absolute atomic E-state index is 0.0633. The minimum Gasteiger partial charge on any atom is -0.481 e. The first-order valence-corrected chi connectivity index (χ1v) is 8.28. The summed E-state index contributed by atoms with van der Waals surface area (Å²) < 4.78 is 5.15. The molecule has 132 valence electrons. The average Bonchev–Trinajstić information content (AvgIpc) is 2.63. The molecule has 0 unspecified atom stereocenters. The molecule has 1 aromatic carbocycles. The van der Waals surface area contributed by atoms with Crippen molar-refractivity contribution in [1.29, 1.82) is 0 Å². The molecule has 25 heavy (non-hydrogen) atoms. The maximum absolute atomic E-state index is 11.0. The lowest BCUT2D eigenvalue weighted by atomic mass is 10.0. The molecule has 1 aliphatic rings. The van der Waals surface area contributed by atoms with Gasteiger partial charge in [0, 0.05) is 45.0 Å². The first-order valence-electron chi connectivity index (χ1n) is 8.28. The van der Waals surface area contributed by atoms with E-state index in [4.69, 9.17) is 9.84 Å². The summed E-state index contributed by atoms with van der Waals surface area (Å²) in [5.41, 5.74) is 1.96. The lowest BCUT2D eigenvalue weighted by molar-refractivity contribution is -0.136. The fourth-order valence-electron chi connectivity index (χ4n) is 2.99. The fourth-order valence-corrected chi connectivity index (χ4v) is 2.99. The highest BCUT2D eigenvalue weighted by Crippen LogP contribution is 2.17. The van der Waals surface area contributed by atoms with Gasteiger partial charge in [0.1, 0.15) is 0 Å². The summed E-state index contributed by atoms with van der Waals surface area (Å²) in [5.74, 6) is 0.452. The molecule has 0 spiro atoms. The van der Waals surface area contributed by atoms with E-state index in [0.717, 1.165) is 43.9 Å². The van der Waals surface area contributed by atoms with Crippen molar-refractivity contribution in [1.82, 2.24) is 14.9 Å². The van der Waals surface area contributed by atoms with Crippen LogP contribution in [0.25, 0.3) is 0 Å². The monoisotopic (exact) mass is 342 g/mol. The molecule has 0 amide bonds. The fraction of sp³-hybridized carbons (Fsp3) is 0.389. The molecule has 1 N–H and O–H groups in total. The lowest BCUT2D eigenvalue weighted by Gasteiger charge is -2.35. The van der Waals surface area contributed by atoms with Crippen molar-refractivity contribution in [3.8, 4) is 5.88 Å². The van der Waals surface area contributed by atoms with Gasteiger partial charge in [-0.2, -0.15) is 4.98 Å². The number of carboxylic acids is 1. The van der Waals surface area contributed by atoms with Crippen molar-refractivity contribution < 1.29 is 14.6 Å². The van der Waals surface area contributed by atoms with Gasteiger partial charge in [-0.3, -0.25) is 9.69 Å². The number of ether oxygens (including phenoxy) is 1. The van der Waals surface area contributed by atoms with Gasteiger partial charge in [-0.25, -0.2) is 4.98 Å². The second-order valence-corrected chi connectivity index (χ2v) is 6.00. The smallest absolute Gasteiger partial charge is 0.307 e. The number of anilines is 1. The highest BCUT2D eigenvalue weighted by molar-refractivity contribution is 5.70. The van der Waals surface area contributed by atoms with E-state index in [0.29, 0.717) is 11.8 Å². The summed E-state index contributed by atoms with van der Waals surface area (Å²) in [7, 11) is 1.60. The van der Waals surface area contributed by atoms with Crippen molar-refractivity contribution in [2.45, 2.75) is 13.0 Å². The van der Waals surface area contributed by atoms with Gasteiger partial charge in [0.2, 0.25) is 11.8 Å². The molecule has 0 radical (unpaired) electrons. The average molecular weight is 342 g/mol. The Morgan fingerprint density at radius 2 is 1.88 bits per heavy atom. The maximum atomic E-state index is 11.0. The zero-order valence-electron chi connectivity index (χ0n) is 14.3. The second kappa shape index (κ2) is 7.94. The SMILES string of the molecule is COc1ccnc(N2CCN(Cc3ccccc3CC(=O)O)CC2)n1. The molecule has 1 aromatic heterocycles. The Morgan fingerprint density at radius 3 is 2.56 bits per heavy atom. The molecule has 3 rings (SSSR count). The molecule has 7 nitrogen and oxygen atoms in total. The van der Waals surface area contributed by atoms with Crippen molar-refractivity contribution >= 4 is 11.9 Å². The van der Waals surface area contributed by atoms with Gasteiger partial charge in [0.05, 0.1) is 13.5 Å². The van der Waals surface area contributed by atoms with Gasteiger partial charge in [-0.05, 0) is 11.1 Å². The van der Waals surface area contributed by atoms with E-state index in [1.54, 1.807) is 19.4 Å². The van der Waals surface area contributed by atoms with Crippen molar-refractivity contribution in [3.05, 3.63) is 47.7 Å². The van der Waals surface area contributed by atoms with E-state index in [9.17, 15) is 4.79 Å². The van der Waals surface area contributed by atoms with Gasteiger partial charge in [-0.1, -0.05) is 24.3 Å². The molecule has 7 heteroatoms. The van der Waals surface area contributed by atoms with Gasteiger partial charge >= 0.3 is 5.97 Å². The summed E-state index contributed by atoms with van der Waals surface area (Å²) in [5, 5.41) is 9.06. The zero-order valence-corrected chi connectivity index (χ0v) is 14.3. The van der Waals surface area contributed by atoms with E-state index in [2.05, 4.69) is 19.8 Å². The molecule has 2 heterocycles. The van der Waals surface area contributed by atoms with Gasteiger partial charge < -0.3 is 14.7 Å². The highest BCUT2D eigenvalue weighted by Gasteiger charge is 2.20. The predicted molar refractivity (Wildman–Crippen MR) is 93.9 cm³/mol. The molecular weight excluding hydrogens is 320 g/mol. The molecular formula is C18H22N4O3. The van der Waals surface area contributed by atoms with Crippen LogP contribution in [0, 0.1) is 0 Å². The van der Waals surface area contributed by atoms with Gasteiger partial charge in [-0.15, -0.1) is 0 Å². The van der Waals surface area contributed by atoms with Crippen molar-refractivity contribution in [3.63, 3.8) is 0 Å². The third kappa shape index (κ3) is 4.45. The Hall–Kier alpha value is -2.67. The van der Waals surface area contributed by atoms with Crippen molar-refractivity contribution in [2.24, 2.45) is 0 Å². The summed E-state index contributed by atoms with van der Waals surface area (Å²) in [6.07, 6.45) is 1.77. The van der Waals surface area contributed by atoms with Crippen LogP contribution in [0.2, 0.25) is 0 Å². The number of hydrogen-bond acceptors (Lipinski definition) is 6. The lowest BCUT2D eigenvalue weighted by Crippen LogP contribution is -2.46. The second-order valence-electron chi connectivity index (χ2n) is 6.00. The highest BCUT2D eigenvalue weighted by atomic mass is 16.5. The minimum atomic E-state index is -0.799. The Morgan fingerprint density at radius 1 is 1.16 bits per heavy atom. The standard InChI is InChI=1S/C18H22N4O3/c1-25-16-6-7-19-18(20-16)22-10-8-21(9-11-22)13-15-5-3-2-4-14(15)12-17(23)24/h2-7H,8-13H2,1H3,(H,23,24). The number of nitrogens with zero attached hydrogens (tertiary/aromatic N) is 4. The Bertz CT molecular complexity index is 730. The number of carbonyl (C=O) groups is 1. The molecule has 0 bridgehead atoms. The van der Waals surface area contributed by atoms with Crippen molar-refractivity contribution in [2.75, 3.05) is 38.2 Å². The first kappa shape index (κ1) is 17.2. The molecule has 1 saturated heterocycles. The van der Waals surface area contributed by atoms with Crippen LogP contribution in [-0.2, 0) is 17.8 Å². The largest absolute Gasteiger partial charge is 0.481 e. The Labute approximate surface area is 146 Å². The number of benzene rings is 1. The van der Waals surface area contributed by atoms with E-state index in [-0.39, 0.29) is 6.42 Å². The first-order chi connectivity index (χ1) is 12.2. The third-order valence-electron chi connectivity index (χ3n) is 4.34. The molecule has 1 aliphatic heterocycles. The van der Waals surface area contributed by atoms with Crippen LogP contribution < -0.4 is 9.64 Å². The molecule has 0 aliphatic carbocycles. The van der Waals surface area contributed by atoms with Crippen LogP contribution in [0.15, 0.2) is 36.5 Å². The molecule has 0 saturated carbocycles. The number of hydrogen-bond donors (Lipinski definition) is 1. The van der Waals surface area contributed by atoms with Gasteiger partial charge in [0.15, 0.2) is 0 Å². The summed E-state index contributed by atoms with van der Waals surface area (Å²) in [6.45, 7) is 4.17. The van der Waals surface area contributed by atoms with E-state index in [1.807, 2.05) is 24.3 Å². The quantitative estimate of drug-likeness (QED) is 0.851. The summed E-state index contributed by atoms with van der Waals surface area (Å²) in [4.78, 5) is 24.2. The number of aliphatic carboxylic acids is 1. The maximum Gasteiger partial charge on any atom is 0.307 e. The number of rotatable bonds is 6. The van der Waals surface area contributed by atoms with Crippen LogP contribution in [0.3, 0.4) is 0 Å². The molecule has 2 aromatic rings. The van der Waals surface area contributed by atoms with Crippen LogP contribution in [0.4, 0.5) is 5.95 Å². The van der Waals surface area contributed by atoms with Gasteiger partial charge in [0.25, 0.3) is 0 Å². The van der Waals surface area contributed by atoms with Crippen LogP contribution >= 0.6 is 0 Å². The number of piperazine rings is 1. The third-order valence-corrected chi connectivity index (χ3v) is 4.34. The summed E-state index contributed by atoms with van der Waals surface area (Å²) in [6, 6.07) is 9.49. The summed E-state index contributed by atoms with van der Waals surface area (Å²) >= 11 is 0. The number of methoxy groups -OCH3 is 1. The zero-order chi connectivity index (χ0) is 17.6. The number of aromatic nitrogens is 2. The van der Waals surface area contributed by atoms with Crippen LogP contribution in [-0.4, -0.2) is 59.2 Å². The normalized spacial score (nSPS) is 15.2. The van der Waals surface area contributed by atoms with E-state index < -0.39 is 5.97 Å². The Balaban J connectivity index is 1.60. The van der Waals surface area contributed by atoms with E-state index >= 15 is 0 Å². The molecule has 1 fully saturated rings. The number of carboxylic acid groups (broad SMARTS) is 1.